The van der Waals surface area contributed by atoms with Crippen molar-refractivity contribution in [2.24, 2.45) is 5.41 Å². The molecular weight excluding hydrogens is 261 g/mol. The van der Waals surface area contributed by atoms with Crippen LogP contribution >= 0.6 is 0 Å². The molecule has 1 aromatic rings. The van der Waals surface area contributed by atoms with E-state index in [2.05, 4.69) is 5.32 Å². The molecule has 0 radical (unpaired) electrons. The van der Waals surface area contributed by atoms with Crippen LogP contribution in [-0.2, 0) is 15.1 Å². The predicted molar refractivity (Wildman–Crippen MR) is 73.6 cm³/mol. The average molecular weight is 281 g/mol. The highest BCUT2D eigenvalue weighted by atomic mass is 19.1. The van der Waals surface area contributed by atoms with Crippen molar-refractivity contribution in [3.8, 4) is 0 Å². The number of nitrogens with one attached hydrogen (secondary N) is 1. The largest absolute Gasteiger partial charge is 0.479 e. The first-order chi connectivity index (χ1) is 9.04. The Morgan fingerprint density at radius 1 is 1.15 bits per heavy atom. The lowest BCUT2D eigenvalue weighted by atomic mass is 9.88. The SMILES string of the molecule is CC(C)(C)CC(=O)NC(C)(C(=O)O)c1ccc(F)cc1. The molecule has 0 fully saturated rings. The number of aliphatic carboxylic acids is 1. The van der Waals surface area contributed by atoms with Crippen molar-refractivity contribution in [1.29, 1.82) is 0 Å². The lowest BCUT2D eigenvalue weighted by Crippen LogP contribution is -2.50. The molecule has 0 spiro atoms. The van der Waals surface area contributed by atoms with E-state index in [9.17, 15) is 19.1 Å². The van der Waals surface area contributed by atoms with E-state index in [0.29, 0.717) is 5.56 Å². The van der Waals surface area contributed by atoms with Crippen LogP contribution in [0.25, 0.3) is 0 Å². The fourth-order valence-corrected chi connectivity index (χ4v) is 1.84. The van der Waals surface area contributed by atoms with Gasteiger partial charge in [0.15, 0.2) is 5.54 Å². The normalized spacial score (nSPS) is 14.4. The summed E-state index contributed by atoms with van der Waals surface area (Å²) >= 11 is 0. The smallest absolute Gasteiger partial charge is 0.333 e. The predicted octanol–water partition coefficient (Wildman–Crippen LogP) is 2.68. The molecule has 1 rings (SSSR count). The van der Waals surface area contributed by atoms with Gasteiger partial charge < -0.3 is 10.4 Å². The van der Waals surface area contributed by atoms with Crippen molar-refractivity contribution >= 4 is 11.9 Å². The van der Waals surface area contributed by atoms with Gasteiger partial charge in [-0.1, -0.05) is 32.9 Å². The molecule has 0 aromatic heterocycles. The third kappa shape index (κ3) is 4.05. The van der Waals surface area contributed by atoms with Gasteiger partial charge in [-0.05, 0) is 30.0 Å². The second-order valence-electron chi connectivity index (χ2n) is 6.22. The monoisotopic (exact) mass is 281 g/mol. The zero-order valence-electron chi connectivity index (χ0n) is 12.2. The second-order valence-corrected chi connectivity index (χ2v) is 6.22. The van der Waals surface area contributed by atoms with Crippen LogP contribution in [-0.4, -0.2) is 17.0 Å². The van der Waals surface area contributed by atoms with Crippen molar-refractivity contribution in [2.45, 2.75) is 39.7 Å². The number of carboxylic acids is 1. The summed E-state index contributed by atoms with van der Waals surface area (Å²) in [6.07, 6.45) is 0.205. The third-order valence-corrected chi connectivity index (χ3v) is 2.93. The molecule has 0 saturated heterocycles. The van der Waals surface area contributed by atoms with Crippen molar-refractivity contribution in [3.05, 3.63) is 35.6 Å². The Morgan fingerprint density at radius 2 is 1.65 bits per heavy atom. The van der Waals surface area contributed by atoms with E-state index in [0.717, 1.165) is 0 Å². The van der Waals surface area contributed by atoms with Crippen LogP contribution in [0.2, 0.25) is 0 Å². The van der Waals surface area contributed by atoms with E-state index in [-0.39, 0.29) is 17.7 Å². The van der Waals surface area contributed by atoms with Gasteiger partial charge in [0.05, 0.1) is 0 Å². The van der Waals surface area contributed by atoms with Crippen LogP contribution in [0.15, 0.2) is 24.3 Å². The summed E-state index contributed by atoms with van der Waals surface area (Å²) in [5.74, 6) is -2.00. The first kappa shape index (κ1) is 16.1. The number of benzene rings is 1. The number of hydrogen-bond donors (Lipinski definition) is 2. The van der Waals surface area contributed by atoms with Crippen molar-refractivity contribution in [2.75, 3.05) is 0 Å². The Labute approximate surface area is 118 Å². The van der Waals surface area contributed by atoms with Gasteiger partial charge in [0.25, 0.3) is 0 Å². The molecule has 4 nitrogen and oxygen atoms in total. The molecule has 1 unspecified atom stereocenters. The van der Waals surface area contributed by atoms with E-state index >= 15 is 0 Å². The van der Waals surface area contributed by atoms with Gasteiger partial charge in [0, 0.05) is 6.42 Å². The number of hydrogen-bond acceptors (Lipinski definition) is 2. The standard InChI is InChI=1S/C15H20FNO3/c1-14(2,3)9-12(18)17-15(4,13(19)20)10-5-7-11(16)8-6-10/h5-8H,9H2,1-4H3,(H,17,18)(H,19,20). The maximum atomic E-state index is 12.9. The maximum Gasteiger partial charge on any atom is 0.333 e. The molecule has 0 heterocycles. The van der Waals surface area contributed by atoms with E-state index in [1.54, 1.807) is 0 Å². The highest BCUT2D eigenvalue weighted by molar-refractivity contribution is 5.88. The average Bonchev–Trinajstić information content (AvgIpc) is 2.26. The summed E-state index contributed by atoms with van der Waals surface area (Å²) in [6, 6.07) is 5.07. The summed E-state index contributed by atoms with van der Waals surface area (Å²) in [5, 5.41) is 11.9. The van der Waals surface area contributed by atoms with E-state index in [4.69, 9.17) is 0 Å². The Morgan fingerprint density at radius 3 is 2.05 bits per heavy atom. The first-order valence-corrected chi connectivity index (χ1v) is 6.35. The highest BCUT2D eigenvalue weighted by Crippen LogP contribution is 2.24. The molecule has 0 aliphatic rings. The van der Waals surface area contributed by atoms with E-state index in [1.165, 1.54) is 31.2 Å². The Kier molecular flexibility index (Phi) is 4.53. The molecule has 0 aliphatic heterocycles. The lowest BCUT2D eigenvalue weighted by molar-refractivity contribution is -0.147. The maximum absolute atomic E-state index is 12.9. The fourth-order valence-electron chi connectivity index (χ4n) is 1.84. The van der Waals surface area contributed by atoms with E-state index < -0.39 is 17.3 Å². The molecule has 0 aliphatic carbocycles. The molecule has 0 saturated carbocycles. The van der Waals surface area contributed by atoms with Crippen molar-refractivity contribution in [3.63, 3.8) is 0 Å². The number of carbonyl (C=O) groups excluding carboxylic acids is 1. The molecule has 0 bridgehead atoms. The van der Waals surface area contributed by atoms with Gasteiger partial charge >= 0.3 is 5.97 Å². The van der Waals surface area contributed by atoms with Gasteiger partial charge in [-0.2, -0.15) is 0 Å². The summed E-state index contributed by atoms with van der Waals surface area (Å²) in [5.41, 5.74) is -1.49. The fraction of sp³-hybridized carbons (Fsp3) is 0.467. The van der Waals surface area contributed by atoms with Gasteiger partial charge in [-0.25, -0.2) is 9.18 Å². The Bertz CT molecular complexity index is 505. The number of carbonyl (C=O) groups is 2. The molecule has 20 heavy (non-hydrogen) atoms. The van der Waals surface area contributed by atoms with Crippen LogP contribution < -0.4 is 5.32 Å². The Balaban J connectivity index is 3.01. The molecule has 110 valence electrons. The second kappa shape index (κ2) is 5.61. The van der Waals surface area contributed by atoms with E-state index in [1.807, 2.05) is 20.8 Å². The van der Waals surface area contributed by atoms with Crippen molar-refractivity contribution in [1.82, 2.24) is 5.32 Å². The molecule has 1 amide bonds. The summed E-state index contributed by atoms with van der Waals surface area (Å²) < 4.78 is 12.9. The summed E-state index contributed by atoms with van der Waals surface area (Å²) in [6.45, 7) is 7.07. The summed E-state index contributed by atoms with van der Waals surface area (Å²) in [7, 11) is 0. The summed E-state index contributed by atoms with van der Waals surface area (Å²) in [4.78, 5) is 23.5. The van der Waals surface area contributed by atoms with Crippen LogP contribution in [0.4, 0.5) is 4.39 Å². The quantitative estimate of drug-likeness (QED) is 0.891. The molecule has 1 aromatic carbocycles. The molecule has 2 N–H and O–H groups in total. The first-order valence-electron chi connectivity index (χ1n) is 6.35. The minimum Gasteiger partial charge on any atom is -0.479 e. The van der Waals surface area contributed by atoms with Crippen LogP contribution in [0, 0.1) is 11.2 Å². The number of amides is 1. The number of halogens is 1. The highest BCUT2D eigenvalue weighted by Gasteiger charge is 2.37. The lowest BCUT2D eigenvalue weighted by Gasteiger charge is -2.28. The van der Waals surface area contributed by atoms with Gasteiger partial charge in [0.1, 0.15) is 5.82 Å². The van der Waals surface area contributed by atoms with Crippen LogP contribution in [0.1, 0.15) is 39.7 Å². The van der Waals surface area contributed by atoms with Gasteiger partial charge in [0.2, 0.25) is 5.91 Å². The number of rotatable bonds is 4. The number of carboxylic acid groups (broad SMARTS) is 1. The van der Waals surface area contributed by atoms with Crippen LogP contribution in [0.5, 0.6) is 0 Å². The van der Waals surface area contributed by atoms with Crippen molar-refractivity contribution < 1.29 is 19.1 Å². The zero-order valence-corrected chi connectivity index (χ0v) is 12.2. The van der Waals surface area contributed by atoms with Crippen LogP contribution in [0.3, 0.4) is 0 Å². The molecular formula is C15H20FNO3. The van der Waals surface area contributed by atoms with Gasteiger partial charge in [-0.15, -0.1) is 0 Å². The third-order valence-electron chi connectivity index (χ3n) is 2.93. The van der Waals surface area contributed by atoms with Gasteiger partial charge in [-0.3, -0.25) is 4.79 Å². The topological polar surface area (TPSA) is 66.4 Å². The molecule has 5 heteroatoms. The Hall–Kier alpha value is -1.91. The zero-order chi connectivity index (χ0) is 15.6. The molecule has 1 atom stereocenters. The minimum absolute atomic E-state index is 0.205. The minimum atomic E-state index is -1.57.